The maximum absolute atomic E-state index is 12.5. The van der Waals surface area contributed by atoms with Crippen LogP contribution in [0.15, 0.2) is 60.7 Å². The lowest BCUT2D eigenvalue weighted by Crippen LogP contribution is -2.40. The second kappa shape index (κ2) is 11.0. The first-order valence-corrected chi connectivity index (χ1v) is 11.3. The smallest absolute Gasteiger partial charge is 0.254 e. The van der Waals surface area contributed by atoms with E-state index in [4.69, 9.17) is 9.47 Å². The Labute approximate surface area is 189 Å². The van der Waals surface area contributed by atoms with Crippen LogP contribution < -0.4 is 4.74 Å². The monoisotopic (exact) mass is 434 g/mol. The van der Waals surface area contributed by atoms with Crippen LogP contribution in [-0.2, 0) is 9.53 Å². The Kier molecular flexibility index (Phi) is 7.56. The SMILES string of the molecule is O=C(C=Cc1ccccc1)N1CCC(COc2ccc(C(=O)N3CCOCC3)cc2)CC1. The van der Waals surface area contributed by atoms with Crippen molar-refractivity contribution in [1.29, 1.82) is 0 Å². The lowest BCUT2D eigenvalue weighted by atomic mass is 9.97. The van der Waals surface area contributed by atoms with E-state index in [0.29, 0.717) is 44.4 Å². The second-order valence-electron chi connectivity index (χ2n) is 8.25. The average molecular weight is 435 g/mol. The summed E-state index contributed by atoms with van der Waals surface area (Å²) >= 11 is 0. The van der Waals surface area contributed by atoms with Gasteiger partial charge in [-0.25, -0.2) is 0 Å². The highest BCUT2D eigenvalue weighted by Gasteiger charge is 2.22. The Morgan fingerprint density at radius 3 is 2.28 bits per heavy atom. The first-order valence-electron chi connectivity index (χ1n) is 11.3. The summed E-state index contributed by atoms with van der Waals surface area (Å²) in [5.74, 6) is 1.30. The molecule has 0 atom stereocenters. The number of carbonyl (C=O) groups is 2. The first-order chi connectivity index (χ1) is 15.7. The molecule has 2 amide bonds. The third-order valence-electron chi connectivity index (χ3n) is 6.03. The molecule has 2 fully saturated rings. The predicted octanol–water partition coefficient (Wildman–Crippen LogP) is 3.49. The van der Waals surface area contributed by atoms with Crippen molar-refractivity contribution in [3.05, 3.63) is 71.8 Å². The number of benzene rings is 2. The summed E-state index contributed by atoms with van der Waals surface area (Å²) in [5, 5.41) is 0. The predicted molar refractivity (Wildman–Crippen MR) is 123 cm³/mol. The topological polar surface area (TPSA) is 59.1 Å². The highest BCUT2D eigenvalue weighted by Crippen LogP contribution is 2.21. The summed E-state index contributed by atoms with van der Waals surface area (Å²) in [6.45, 7) is 4.60. The average Bonchev–Trinajstić information content (AvgIpc) is 2.87. The Morgan fingerprint density at radius 1 is 0.906 bits per heavy atom. The van der Waals surface area contributed by atoms with Gasteiger partial charge in [-0.1, -0.05) is 30.3 Å². The van der Waals surface area contributed by atoms with Crippen molar-refractivity contribution >= 4 is 17.9 Å². The van der Waals surface area contributed by atoms with Crippen molar-refractivity contribution in [3.8, 4) is 5.75 Å². The van der Waals surface area contributed by atoms with E-state index >= 15 is 0 Å². The number of likely N-dealkylation sites (tertiary alicyclic amines) is 1. The van der Waals surface area contributed by atoms with Crippen LogP contribution in [0.4, 0.5) is 0 Å². The Balaban J connectivity index is 1.20. The fourth-order valence-corrected chi connectivity index (χ4v) is 4.01. The minimum absolute atomic E-state index is 0.0400. The number of ether oxygens (including phenoxy) is 2. The van der Waals surface area contributed by atoms with E-state index in [9.17, 15) is 9.59 Å². The number of hydrogen-bond acceptors (Lipinski definition) is 4. The molecule has 6 heteroatoms. The molecule has 0 spiro atoms. The number of nitrogens with zero attached hydrogens (tertiary/aromatic N) is 2. The molecule has 2 aromatic carbocycles. The van der Waals surface area contributed by atoms with Crippen LogP contribution in [0.2, 0.25) is 0 Å². The molecule has 0 radical (unpaired) electrons. The minimum Gasteiger partial charge on any atom is -0.493 e. The van der Waals surface area contributed by atoms with Crippen LogP contribution in [0, 0.1) is 5.92 Å². The Hall–Kier alpha value is -3.12. The zero-order chi connectivity index (χ0) is 22.2. The molecule has 0 aliphatic carbocycles. The summed E-state index contributed by atoms with van der Waals surface area (Å²) < 4.78 is 11.3. The number of piperidine rings is 1. The molecule has 2 aliphatic heterocycles. The van der Waals surface area contributed by atoms with Crippen molar-refractivity contribution in [3.63, 3.8) is 0 Å². The fourth-order valence-electron chi connectivity index (χ4n) is 4.01. The number of hydrogen-bond donors (Lipinski definition) is 0. The lowest BCUT2D eigenvalue weighted by Gasteiger charge is -2.31. The zero-order valence-corrected chi connectivity index (χ0v) is 18.3. The summed E-state index contributed by atoms with van der Waals surface area (Å²) in [7, 11) is 0. The van der Waals surface area contributed by atoms with Gasteiger partial charge in [-0.2, -0.15) is 0 Å². The molecule has 32 heavy (non-hydrogen) atoms. The van der Waals surface area contributed by atoms with Crippen molar-refractivity contribution in [2.45, 2.75) is 12.8 Å². The van der Waals surface area contributed by atoms with Crippen LogP contribution in [0.1, 0.15) is 28.8 Å². The van der Waals surface area contributed by atoms with Crippen LogP contribution in [0.3, 0.4) is 0 Å². The van der Waals surface area contributed by atoms with Gasteiger partial charge in [0.15, 0.2) is 0 Å². The summed E-state index contributed by atoms with van der Waals surface area (Å²) in [4.78, 5) is 28.7. The van der Waals surface area contributed by atoms with Crippen molar-refractivity contribution in [2.75, 3.05) is 46.0 Å². The van der Waals surface area contributed by atoms with Gasteiger partial charge < -0.3 is 19.3 Å². The van der Waals surface area contributed by atoms with Gasteiger partial charge in [0.2, 0.25) is 5.91 Å². The maximum atomic E-state index is 12.5. The second-order valence-corrected chi connectivity index (χ2v) is 8.25. The van der Waals surface area contributed by atoms with Crippen molar-refractivity contribution in [2.24, 2.45) is 5.92 Å². The van der Waals surface area contributed by atoms with E-state index in [1.807, 2.05) is 70.5 Å². The van der Waals surface area contributed by atoms with E-state index in [2.05, 4.69) is 0 Å². The molecule has 4 rings (SSSR count). The highest BCUT2D eigenvalue weighted by molar-refractivity contribution is 5.94. The lowest BCUT2D eigenvalue weighted by molar-refractivity contribution is -0.127. The standard InChI is InChI=1S/C26H30N2O4/c29-25(11-6-21-4-2-1-3-5-21)27-14-12-22(13-15-27)20-32-24-9-7-23(8-10-24)26(30)28-16-18-31-19-17-28/h1-11,22H,12-20H2. The van der Waals surface area contributed by atoms with E-state index in [0.717, 1.165) is 37.2 Å². The Bertz CT molecular complexity index is 913. The van der Waals surface area contributed by atoms with Gasteiger partial charge in [0.25, 0.3) is 5.91 Å². The molecule has 0 N–H and O–H groups in total. The number of rotatable bonds is 6. The van der Waals surface area contributed by atoms with Crippen LogP contribution >= 0.6 is 0 Å². The highest BCUT2D eigenvalue weighted by atomic mass is 16.5. The molecule has 2 saturated heterocycles. The number of amides is 2. The molecule has 2 aliphatic rings. The van der Waals surface area contributed by atoms with Gasteiger partial charge in [0.1, 0.15) is 5.75 Å². The molecule has 0 bridgehead atoms. The third-order valence-corrected chi connectivity index (χ3v) is 6.03. The van der Waals surface area contributed by atoms with Crippen LogP contribution in [-0.4, -0.2) is 67.6 Å². The van der Waals surface area contributed by atoms with Gasteiger partial charge in [0.05, 0.1) is 19.8 Å². The molecule has 0 saturated carbocycles. The molecule has 0 aromatic heterocycles. The van der Waals surface area contributed by atoms with Gasteiger partial charge in [0, 0.05) is 37.8 Å². The van der Waals surface area contributed by atoms with E-state index in [1.165, 1.54) is 0 Å². The molecule has 168 valence electrons. The molecule has 2 aromatic rings. The van der Waals surface area contributed by atoms with Crippen molar-refractivity contribution in [1.82, 2.24) is 9.80 Å². The quantitative estimate of drug-likeness (QED) is 0.653. The van der Waals surface area contributed by atoms with Gasteiger partial charge in [-0.15, -0.1) is 0 Å². The summed E-state index contributed by atoms with van der Waals surface area (Å²) in [5.41, 5.74) is 1.71. The third kappa shape index (κ3) is 5.98. The molecular weight excluding hydrogens is 404 g/mol. The fraction of sp³-hybridized carbons (Fsp3) is 0.385. The number of carbonyl (C=O) groups excluding carboxylic acids is 2. The van der Waals surface area contributed by atoms with Gasteiger partial charge >= 0.3 is 0 Å². The van der Waals surface area contributed by atoms with Gasteiger partial charge in [-0.3, -0.25) is 9.59 Å². The first kappa shape index (κ1) is 22.1. The van der Waals surface area contributed by atoms with E-state index in [1.54, 1.807) is 6.08 Å². The maximum Gasteiger partial charge on any atom is 0.254 e. The van der Waals surface area contributed by atoms with E-state index in [-0.39, 0.29) is 11.8 Å². The molecule has 2 heterocycles. The zero-order valence-electron chi connectivity index (χ0n) is 18.3. The van der Waals surface area contributed by atoms with Crippen LogP contribution in [0.5, 0.6) is 5.75 Å². The Morgan fingerprint density at radius 2 is 1.59 bits per heavy atom. The largest absolute Gasteiger partial charge is 0.493 e. The van der Waals surface area contributed by atoms with Gasteiger partial charge in [-0.05, 0) is 54.7 Å². The molecule has 6 nitrogen and oxygen atoms in total. The summed E-state index contributed by atoms with van der Waals surface area (Å²) in [6, 6.07) is 17.2. The van der Waals surface area contributed by atoms with Crippen LogP contribution in [0.25, 0.3) is 6.08 Å². The molecule has 0 unspecified atom stereocenters. The normalized spacial score (nSPS) is 17.5. The summed E-state index contributed by atoms with van der Waals surface area (Å²) in [6.07, 6.45) is 5.38. The minimum atomic E-state index is 0.0400. The number of morpholine rings is 1. The van der Waals surface area contributed by atoms with Crippen molar-refractivity contribution < 1.29 is 19.1 Å². The molecular formula is C26H30N2O4. The van der Waals surface area contributed by atoms with E-state index < -0.39 is 0 Å².